The van der Waals surface area contributed by atoms with Crippen molar-refractivity contribution in [2.75, 3.05) is 27.7 Å². The van der Waals surface area contributed by atoms with Crippen LogP contribution in [0, 0.1) is 0 Å². The minimum absolute atomic E-state index is 0.181. The van der Waals surface area contributed by atoms with Crippen LogP contribution >= 0.6 is 0 Å². The summed E-state index contributed by atoms with van der Waals surface area (Å²) in [5.41, 5.74) is 0.318. The summed E-state index contributed by atoms with van der Waals surface area (Å²) >= 11 is 0. The van der Waals surface area contributed by atoms with E-state index >= 15 is 0 Å². The van der Waals surface area contributed by atoms with Crippen molar-refractivity contribution >= 4 is 11.9 Å². The van der Waals surface area contributed by atoms with Crippen molar-refractivity contribution in [3.8, 4) is 0 Å². The number of pyridine rings is 1. The molecular weight excluding hydrogens is 236 g/mol. The van der Waals surface area contributed by atoms with Gasteiger partial charge < -0.3 is 14.7 Å². The third-order valence-electron chi connectivity index (χ3n) is 1.84. The third-order valence-corrected chi connectivity index (χ3v) is 1.84. The molecule has 1 aromatic rings. The molecule has 0 radical (unpaired) electrons. The Morgan fingerprint density at radius 1 is 1.17 bits per heavy atom. The Balaban J connectivity index is 0.000000331. The van der Waals surface area contributed by atoms with E-state index in [-0.39, 0.29) is 6.54 Å². The molecule has 0 saturated heterocycles. The largest absolute Gasteiger partial charge is 0.478 e. The van der Waals surface area contributed by atoms with Gasteiger partial charge in [-0.1, -0.05) is 0 Å². The van der Waals surface area contributed by atoms with Gasteiger partial charge in [0.25, 0.3) is 0 Å². The van der Waals surface area contributed by atoms with Crippen molar-refractivity contribution in [3.63, 3.8) is 0 Å². The topological polar surface area (TPSA) is 78.5 Å². The maximum Gasteiger partial charge on any atom is 0.359 e. The van der Waals surface area contributed by atoms with Gasteiger partial charge in [-0.3, -0.25) is 0 Å². The van der Waals surface area contributed by atoms with Crippen LogP contribution in [-0.2, 0) is 11.8 Å². The predicted molar refractivity (Wildman–Crippen MR) is 65.1 cm³/mol. The Bertz CT molecular complexity index is 407. The van der Waals surface area contributed by atoms with Crippen LogP contribution in [0.15, 0.2) is 24.5 Å². The Morgan fingerprint density at radius 2 is 1.61 bits per heavy atom. The first kappa shape index (κ1) is 16.1. The zero-order chi connectivity index (χ0) is 14.3. The summed E-state index contributed by atoms with van der Waals surface area (Å²) in [4.78, 5) is 20.3. The average molecular weight is 256 g/mol. The van der Waals surface area contributed by atoms with Gasteiger partial charge in [0.15, 0.2) is 18.9 Å². The van der Waals surface area contributed by atoms with Gasteiger partial charge in [0.2, 0.25) is 0 Å². The maximum absolute atomic E-state index is 10.3. The molecule has 6 nitrogen and oxygen atoms in total. The molecule has 0 atom stereocenters. The number of likely N-dealkylation sites (N-methyl/N-ethyl adjacent to an activating group) is 1. The van der Waals surface area contributed by atoms with E-state index in [1.54, 1.807) is 29.1 Å². The molecule has 0 aliphatic rings. The molecule has 0 aliphatic heterocycles. The molecular formula is C12H20N2O4+2. The number of aliphatic carboxylic acids is 1. The number of carboxylic acids is 2. The summed E-state index contributed by atoms with van der Waals surface area (Å²) in [6, 6.07) is 3.12. The fourth-order valence-corrected chi connectivity index (χ4v) is 1.05. The molecule has 0 bridgehead atoms. The fourth-order valence-electron chi connectivity index (χ4n) is 1.05. The molecule has 100 valence electrons. The summed E-state index contributed by atoms with van der Waals surface area (Å²) in [7, 11) is 7.36. The Morgan fingerprint density at radius 3 is 1.83 bits per heavy atom. The molecule has 0 amide bonds. The van der Waals surface area contributed by atoms with E-state index in [9.17, 15) is 9.59 Å². The number of carbonyl (C=O) groups is 2. The number of aryl methyl sites for hydroxylation is 1. The van der Waals surface area contributed by atoms with Crippen LogP contribution in [0.2, 0.25) is 0 Å². The standard InChI is InChI=1S/C7H7NO2.C5H11NO2/c1-8-4-2-6(3-5-8)7(9)10;1-6(2,3)4-5(7)8/h2-5H,1H3;4H2,1-3H3/p+2. The molecule has 18 heavy (non-hydrogen) atoms. The lowest BCUT2D eigenvalue weighted by Crippen LogP contribution is -2.39. The van der Waals surface area contributed by atoms with Gasteiger partial charge in [-0.15, -0.1) is 0 Å². The highest BCUT2D eigenvalue weighted by molar-refractivity contribution is 5.87. The van der Waals surface area contributed by atoms with Gasteiger partial charge in [0.05, 0.1) is 26.7 Å². The molecule has 0 saturated carbocycles. The van der Waals surface area contributed by atoms with Gasteiger partial charge in [-0.05, 0) is 0 Å². The second-order valence-electron chi connectivity index (χ2n) is 4.90. The number of rotatable bonds is 3. The number of nitrogens with zero attached hydrogens (tertiary/aromatic N) is 2. The summed E-state index contributed by atoms with van der Waals surface area (Å²) in [5.74, 6) is -1.64. The van der Waals surface area contributed by atoms with Gasteiger partial charge in [-0.25, -0.2) is 14.2 Å². The molecule has 1 rings (SSSR count). The van der Waals surface area contributed by atoms with Crippen LogP contribution in [-0.4, -0.2) is 54.3 Å². The lowest BCUT2D eigenvalue weighted by Gasteiger charge is -2.20. The molecule has 0 fully saturated rings. The lowest BCUT2D eigenvalue weighted by atomic mass is 10.3. The van der Waals surface area contributed by atoms with Gasteiger partial charge in [-0.2, -0.15) is 0 Å². The SMILES string of the molecule is C[N+](C)(C)CC(=O)O.C[n+]1ccc(C(=O)O)cc1. The first-order valence-corrected chi connectivity index (χ1v) is 5.32. The lowest BCUT2D eigenvalue weighted by molar-refractivity contribution is -0.862. The van der Waals surface area contributed by atoms with Crippen molar-refractivity contribution in [3.05, 3.63) is 30.1 Å². The van der Waals surface area contributed by atoms with Gasteiger partial charge in [0, 0.05) is 12.1 Å². The van der Waals surface area contributed by atoms with Gasteiger partial charge >= 0.3 is 11.9 Å². The van der Waals surface area contributed by atoms with Crippen LogP contribution in [0.25, 0.3) is 0 Å². The van der Waals surface area contributed by atoms with Crippen molar-refractivity contribution in [2.45, 2.75) is 0 Å². The highest BCUT2D eigenvalue weighted by atomic mass is 16.4. The number of aromatic nitrogens is 1. The highest BCUT2D eigenvalue weighted by Gasteiger charge is 2.11. The second-order valence-corrected chi connectivity index (χ2v) is 4.90. The summed E-state index contributed by atoms with van der Waals surface area (Å²) in [6.45, 7) is 0.181. The second kappa shape index (κ2) is 6.70. The number of hydrogen-bond donors (Lipinski definition) is 2. The molecule has 6 heteroatoms. The molecule has 2 N–H and O–H groups in total. The van der Waals surface area contributed by atoms with Crippen molar-refractivity contribution in [1.29, 1.82) is 0 Å². The first-order valence-electron chi connectivity index (χ1n) is 5.32. The Hall–Kier alpha value is -1.95. The van der Waals surface area contributed by atoms with Crippen LogP contribution in [0.3, 0.4) is 0 Å². The highest BCUT2D eigenvalue weighted by Crippen LogP contribution is 1.92. The predicted octanol–water partition coefficient (Wildman–Crippen LogP) is -0.0135. The molecule has 0 aromatic carbocycles. The van der Waals surface area contributed by atoms with Crippen molar-refractivity contribution < 1.29 is 28.9 Å². The van der Waals surface area contributed by atoms with E-state index in [0.717, 1.165) is 0 Å². The number of hydrogen-bond acceptors (Lipinski definition) is 2. The number of aromatic carboxylic acids is 1. The maximum atomic E-state index is 10.3. The monoisotopic (exact) mass is 256 g/mol. The Labute approximate surface area is 106 Å². The van der Waals surface area contributed by atoms with Crippen LogP contribution in [0.1, 0.15) is 10.4 Å². The van der Waals surface area contributed by atoms with Crippen LogP contribution in [0.4, 0.5) is 0 Å². The van der Waals surface area contributed by atoms with E-state index < -0.39 is 11.9 Å². The molecule has 1 heterocycles. The zero-order valence-corrected chi connectivity index (χ0v) is 11.1. The summed E-state index contributed by atoms with van der Waals surface area (Å²) in [5, 5.41) is 16.7. The van der Waals surface area contributed by atoms with E-state index in [0.29, 0.717) is 10.0 Å². The average Bonchev–Trinajstić information content (AvgIpc) is 2.15. The zero-order valence-electron chi connectivity index (χ0n) is 11.1. The van der Waals surface area contributed by atoms with E-state index in [1.807, 2.05) is 28.2 Å². The summed E-state index contributed by atoms with van der Waals surface area (Å²) in [6.07, 6.45) is 3.40. The van der Waals surface area contributed by atoms with Crippen molar-refractivity contribution in [2.24, 2.45) is 7.05 Å². The minimum Gasteiger partial charge on any atom is -0.478 e. The van der Waals surface area contributed by atoms with E-state index in [1.165, 1.54) is 0 Å². The van der Waals surface area contributed by atoms with Crippen molar-refractivity contribution in [1.82, 2.24) is 0 Å². The molecule has 0 aliphatic carbocycles. The number of carboxylic acid groups (broad SMARTS) is 2. The first-order chi connectivity index (χ1) is 8.11. The molecule has 0 spiro atoms. The smallest absolute Gasteiger partial charge is 0.359 e. The summed E-state index contributed by atoms with van der Waals surface area (Å²) < 4.78 is 2.27. The van der Waals surface area contributed by atoms with Crippen LogP contribution in [0.5, 0.6) is 0 Å². The molecule has 0 unspecified atom stereocenters. The van der Waals surface area contributed by atoms with Gasteiger partial charge in [0.1, 0.15) is 7.05 Å². The quantitative estimate of drug-likeness (QED) is 0.589. The fraction of sp³-hybridized carbons (Fsp3) is 0.417. The third kappa shape index (κ3) is 8.23. The van der Waals surface area contributed by atoms with Crippen LogP contribution < -0.4 is 4.57 Å². The normalized spacial score (nSPS) is 10.2. The minimum atomic E-state index is -0.888. The van der Waals surface area contributed by atoms with E-state index in [4.69, 9.17) is 10.2 Å². The Kier molecular flexibility index (Phi) is 5.98. The van der Waals surface area contributed by atoms with E-state index in [2.05, 4.69) is 0 Å². The molecule has 1 aromatic heterocycles. The number of quaternary nitrogens is 1.